The summed E-state index contributed by atoms with van der Waals surface area (Å²) in [6.07, 6.45) is 1.40. The Hall–Kier alpha value is -1.46. The molecule has 0 radical (unpaired) electrons. The van der Waals surface area contributed by atoms with Crippen molar-refractivity contribution in [2.24, 2.45) is 11.1 Å². The normalized spacial score (nSPS) is 13.5. The Bertz CT molecular complexity index is 296. The average Bonchev–Trinajstić information content (AvgIpc) is 2.34. The number of amides is 2. The lowest BCUT2D eigenvalue weighted by molar-refractivity contribution is 0.0235. The lowest BCUT2D eigenvalue weighted by atomic mass is 9.87. The molecule has 1 atom stereocenters. The molecule has 0 aromatic rings. The van der Waals surface area contributed by atoms with Gasteiger partial charge in [-0.25, -0.2) is 9.59 Å². The van der Waals surface area contributed by atoms with E-state index < -0.39 is 11.5 Å². The largest absolute Gasteiger partial charge is 0.449 e. The maximum absolute atomic E-state index is 11.7. The first kappa shape index (κ1) is 17.5. The van der Waals surface area contributed by atoms with Crippen LogP contribution in [0, 0.1) is 5.41 Å². The Morgan fingerprint density at radius 1 is 1.16 bits per heavy atom. The smallest absolute Gasteiger partial charge is 0.409 e. The van der Waals surface area contributed by atoms with Gasteiger partial charge in [-0.3, -0.25) is 0 Å². The number of hydrogen-bond acceptors (Lipinski definition) is 4. The number of ether oxygens (including phenoxy) is 2. The van der Waals surface area contributed by atoms with Gasteiger partial charge in [-0.1, -0.05) is 27.2 Å². The molecule has 0 bridgehead atoms. The van der Waals surface area contributed by atoms with Crippen molar-refractivity contribution < 1.29 is 19.1 Å². The summed E-state index contributed by atoms with van der Waals surface area (Å²) in [6, 6.07) is 0. The highest BCUT2D eigenvalue weighted by atomic mass is 16.6. The SMILES string of the molecule is CCCN(C)C(=O)OCC(C)(CCC)COC(N)=O. The number of nitrogens with two attached hydrogens (primary N) is 1. The molecule has 1 unspecified atom stereocenters. The van der Waals surface area contributed by atoms with E-state index >= 15 is 0 Å². The molecule has 2 N–H and O–H groups in total. The van der Waals surface area contributed by atoms with Crippen LogP contribution in [0.1, 0.15) is 40.0 Å². The van der Waals surface area contributed by atoms with Crippen molar-refractivity contribution >= 4 is 12.2 Å². The van der Waals surface area contributed by atoms with Gasteiger partial charge in [0, 0.05) is 19.0 Å². The Labute approximate surface area is 115 Å². The molecule has 0 saturated heterocycles. The van der Waals surface area contributed by atoms with E-state index in [1.807, 2.05) is 20.8 Å². The number of nitrogens with zero attached hydrogens (tertiary/aromatic N) is 1. The fraction of sp³-hybridized carbons (Fsp3) is 0.846. The summed E-state index contributed by atoms with van der Waals surface area (Å²) in [4.78, 5) is 23.9. The summed E-state index contributed by atoms with van der Waals surface area (Å²) in [5.41, 5.74) is 4.57. The maximum atomic E-state index is 11.7. The van der Waals surface area contributed by atoms with Crippen molar-refractivity contribution in [3.05, 3.63) is 0 Å². The van der Waals surface area contributed by atoms with Crippen LogP contribution in [0.4, 0.5) is 9.59 Å². The van der Waals surface area contributed by atoms with Crippen LogP contribution in [0.5, 0.6) is 0 Å². The van der Waals surface area contributed by atoms with Crippen molar-refractivity contribution in [1.29, 1.82) is 0 Å². The number of carbonyl (C=O) groups excluding carboxylic acids is 2. The van der Waals surface area contributed by atoms with Crippen molar-refractivity contribution in [3.63, 3.8) is 0 Å². The minimum atomic E-state index is -0.809. The van der Waals surface area contributed by atoms with E-state index in [1.54, 1.807) is 7.05 Å². The van der Waals surface area contributed by atoms with E-state index in [0.717, 1.165) is 19.3 Å². The predicted octanol–water partition coefficient (Wildman–Crippen LogP) is 2.37. The van der Waals surface area contributed by atoms with E-state index in [0.29, 0.717) is 6.54 Å². The third-order valence-electron chi connectivity index (χ3n) is 2.83. The zero-order valence-electron chi connectivity index (χ0n) is 12.4. The van der Waals surface area contributed by atoms with Gasteiger partial charge in [0.2, 0.25) is 0 Å². The van der Waals surface area contributed by atoms with Crippen LogP contribution in [0.2, 0.25) is 0 Å². The van der Waals surface area contributed by atoms with E-state index in [-0.39, 0.29) is 19.3 Å². The van der Waals surface area contributed by atoms with Gasteiger partial charge in [-0.05, 0) is 12.8 Å². The molecular weight excluding hydrogens is 248 g/mol. The van der Waals surface area contributed by atoms with Gasteiger partial charge in [-0.15, -0.1) is 0 Å². The fourth-order valence-corrected chi connectivity index (χ4v) is 1.81. The molecule has 0 aliphatic heterocycles. The molecule has 6 nitrogen and oxygen atoms in total. The lowest BCUT2D eigenvalue weighted by Crippen LogP contribution is -2.36. The molecular formula is C13H26N2O4. The molecule has 0 aromatic heterocycles. The van der Waals surface area contributed by atoms with Gasteiger partial charge >= 0.3 is 12.2 Å². The molecule has 6 heteroatoms. The maximum Gasteiger partial charge on any atom is 0.409 e. The van der Waals surface area contributed by atoms with E-state index in [1.165, 1.54) is 4.90 Å². The van der Waals surface area contributed by atoms with Crippen LogP contribution >= 0.6 is 0 Å². The van der Waals surface area contributed by atoms with Gasteiger partial charge in [0.05, 0.1) is 0 Å². The Balaban J connectivity index is 4.33. The first-order valence-corrected chi connectivity index (χ1v) is 6.64. The van der Waals surface area contributed by atoms with Gasteiger partial charge in [0.15, 0.2) is 0 Å². The zero-order valence-corrected chi connectivity index (χ0v) is 12.4. The van der Waals surface area contributed by atoms with E-state index in [9.17, 15) is 9.59 Å². The summed E-state index contributed by atoms with van der Waals surface area (Å²) in [5.74, 6) is 0. The standard InChI is InChI=1S/C13H26N2O4/c1-5-7-13(3,9-18-11(14)16)10-19-12(17)15(4)8-6-2/h5-10H2,1-4H3,(H2,14,16). The Kier molecular flexibility index (Phi) is 7.95. The average molecular weight is 274 g/mol. The second kappa shape index (κ2) is 8.61. The molecule has 0 heterocycles. The minimum Gasteiger partial charge on any atom is -0.449 e. The quantitative estimate of drug-likeness (QED) is 0.736. The summed E-state index contributed by atoms with van der Waals surface area (Å²) < 4.78 is 10.1. The molecule has 0 aliphatic carbocycles. The van der Waals surface area contributed by atoms with Crippen molar-refractivity contribution in [1.82, 2.24) is 4.90 Å². The number of carbonyl (C=O) groups is 2. The van der Waals surface area contributed by atoms with Crippen LogP contribution in [-0.4, -0.2) is 43.9 Å². The second-order valence-corrected chi connectivity index (χ2v) is 5.14. The summed E-state index contributed by atoms with van der Waals surface area (Å²) in [5, 5.41) is 0. The summed E-state index contributed by atoms with van der Waals surface area (Å²) >= 11 is 0. The first-order chi connectivity index (χ1) is 8.84. The molecule has 0 rings (SSSR count). The van der Waals surface area contributed by atoms with Crippen LogP contribution < -0.4 is 5.73 Å². The minimum absolute atomic E-state index is 0.154. The van der Waals surface area contributed by atoms with Crippen LogP contribution in [0.25, 0.3) is 0 Å². The van der Waals surface area contributed by atoms with Crippen LogP contribution in [0.3, 0.4) is 0 Å². The molecule has 0 spiro atoms. The zero-order chi connectivity index (χ0) is 14.9. The summed E-state index contributed by atoms with van der Waals surface area (Å²) in [7, 11) is 1.70. The highest BCUT2D eigenvalue weighted by molar-refractivity contribution is 5.67. The second-order valence-electron chi connectivity index (χ2n) is 5.14. The number of hydrogen-bond donors (Lipinski definition) is 1. The molecule has 0 fully saturated rings. The highest BCUT2D eigenvalue weighted by Gasteiger charge is 2.28. The first-order valence-electron chi connectivity index (χ1n) is 6.64. The third kappa shape index (κ3) is 7.54. The fourth-order valence-electron chi connectivity index (χ4n) is 1.81. The van der Waals surface area contributed by atoms with E-state index in [2.05, 4.69) is 0 Å². The lowest BCUT2D eigenvalue weighted by Gasteiger charge is -2.28. The topological polar surface area (TPSA) is 81.9 Å². The van der Waals surface area contributed by atoms with Gasteiger partial charge in [0.1, 0.15) is 13.2 Å². The van der Waals surface area contributed by atoms with Crippen molar-refractivity contribution in [2.75, 3.05) is 26.8 Å². The van der Waals surface area contributed by atoms with Crippen LogP contribution in [0.15, 0.2) is 0 Å². The molecule has 0 aromatic carbocycles. The predicted molar refractivity (Wildman–Crippen MR) is 72.8 cm³/mol. The number of primary amides is 1. The third-order valence-corrected chi connectivity index (χ3v) is 2.83. The number of rotatable bonds is 8. The Morgan fingerprint density at radius 2 is 1.74 bits per heavy atom. The van der Waals surface area contributed by atoms with Crippen molar-refractivity contribution in [3.8, 4) is 0 Å². The molecule has 19 heavy (non-hydrogen) atoms. The van der Waals surface area contributed by atoms with Crippen LogP contribution in [-0.2, 0) is 9.47 Å². The summed E-state index contributed by atoms with van der Waals surface area (Å²) in [6.45, 7) is 6.94. The molecule has 2 amide bonds. The highest BCUT2D eigenvalue weighted by Crippen LogP contribution is 2.24. The van der Waals surface area contributed by atoms with E-state index in [4.69, 9.17) is 15.2 Å². The van der Waals surface area contributed by atoms with Gasteiger partial charge in [0.25, 0.3) is 0 Å². The molecule has 0 saturated carbocycles. The monoisotopic (exact) mass is 274 g/mol. The Morgan fingerprint density at radius 3 is 2.21 bits per heavy atom. The molecule has 112 valence electrons. The van der Waals surface area contributed by atoms with Gasteiger partial charge in [-0.2, -0.15) is 0 Å². The molecule has 0 aliphatic rings. The van der Waals surface area contributed by atoms with Gasteiger partial charge < -0.3 is 20.1 Å². The van der Waals surface area contributed by atoms with Crippen molar-refractivity contribution in [2.45, 2.75) is 40.0 Å².